The molecule has 0 aliphatic rings. The van der Waals surface area contributed by atoms with E-state index >= 15 is 0 Å². The maximum Gasteiger partial charge on any atom is 0.423 e. The molecule has 0 heterocycles. The number of hydrogen-bond acceptors (Lipinski definition) is 4. The summed E-state index contributed by atoms with van der Waals surface area (Å²) in [6, 6.07) is 4.01. The number of carboxylic acid groups (broad SMARTS) is 1. The van der Waals surface area contributed by atoms with Crippen LogP contribution in [0.1, 0.15) is 11.7 Å². The van der Waals surface area contributed by atoms with E-state index in [9.17, 15) is 4.79 Å². The topological polar surface area (TPSA) is 113 Å². The summed E-state index contributed by atoms with van der Waals surface area (Å²) in [5.74, 6) is 5.15. The Kier molecular flexibility index (Phi) is 3.35. The molecule has 1 rings (SSSR count). The minimum absolute atomic E-state index is 0.0325. The van der Waals surface area contributed by atoms with Gasteiger partial charge < -0.3 is 15.9 Å². The molecule has 0 aliphatic heterocycles. The number of aromatic hydroxyl groups is 1. The second-order valence-corrected chi connectivity index (χ2v) is 3.25. The molecule has 1 aromatic rings. The lowest BCUT2D eigenvalue weighted by atomic mass is 10.1. The summed E-state index contributed by atoms with van der Waals surface area (Å²) < 4.78 is 0. The number of nitrogens with zero attached hydrogens (tertiary/aromatic N) is 1. The van der Waals surface area contributed by atoms with E-state index in [4.69, 9.17) is 33.4 Å². The largest absolute Gasteiger partial charge is 0.508 e. The highest BCUT2D eigenvalue weighted by Gasteiger charge is 2.20. The molecule has 0 radical (unpaired) electrons. The highest BCUT2D eigenvalue weighted by molar-refractivity contribution is 6.31. The maximum atomic E-state index is 10.5. The van der Waals surface area contributed by atoms with Crippen molar-refractivity contribution in [3.8, 4) is 5.75 Å². The molecule has 1 aromatic carbocycles. The van der Waals surface area contributed by atoms with Crippen LogP contribution in [0.25, 0.3) is 0 Å². The van der Waals surface area contributed by atoms with Crippen molar-refractivity contribution in [2.24, 2.45) is 11.6 Å². The Balaban J connectivity index is 3.01. The van der Waals surface area contributed by atoms with Gasteiger partial charge in [-0.1, -0.05) is 17.7 Å². The number of phenolic OH excluding ortho intramolecular Hbond substituents is 1. The molecule has 6 nitrogen and oxygen atoms in total. The first-order valence-electron chi connectivity index (χ1n) is 3.94. The summed E-state index contributed by atoms with van der Waals surface area (Å²) >= 11 is 5.76. The third kappa shape index (κ3) is 2.50. The van der Waals surface area contributed by atoms with E-state index < -0.39 is 12.3 Å². The Morgan fingerprint density at radius 1 is 1.53 bits per heavy atom. The molecule has 0 aliphatic carbocycles. The van der Waals surface area contributed by atoms with Crippen molar-refractivity contribution in [3.05, 3.63) is 28.8 Å². The number of carbonyl (C=O) groups is 1. The average Bonchev–Trinajstić information content (AvgIpc) is 2.15. The van der Waals surface area contributed by atoms with Gasteiger partial charge in [-0.2, -0.15) is 0 Å². The number of rotatable bonds is 2. The van der Waals surface area contributed by atoms with Gasteiger partial charge in [0, 0.05) is 5.56 Å². The highest BCUT2D eigenvalue weighted by Crippen LogP contribution is 2.26. The molecule has 0 spiro atoms. The normalized spacial score (nSPS) is 12.2. The Bertz CT molecular complexity index is 385. The lowest BCUT2D eigenvalue weighted by molar-refractivity contribution is 0.126. The van der Waals surface area contributed by atoms with Gasteiger partial charge in [0.1, 0.15) is 11.9 Å². The lowest BCUT2D eigenvalue weighted by Crippen LogP contribution is -2.43. The third-order valence-corrected chi connectivity index (χ3v) is 2.15. The smallest absolute Gasteiger partial charge is 0.423 e. The summed E-state index contributed by atoms with van der Waals surface area (Å²) in [6.45, 7) is 0. The van der Waals surface area contributed by atoms with Crippen LogP contribution in [-0.4, -0.2) is 21.3 Å². The van der Waals surface area contributed by atoms with Gasteiger partial charge in [-0.15, -0.1) is 0 Å². The van der Waals surface area contributed by atoms with E-state index in [1.165, 1.54) is 18.2 Å². The van der Waals surface area contributed by atoms with E-state index in [1.807, 2.05) is 0 Å². The molecule has 0 saturated carbocycles. The minimum Gasteiger partial charge on any atom is -0.508 e. The van der Waals surface area contributed by atoms with Crippen molar-refractivity contribution in [3.63, 3.8) is 0 Å². The number of amides is 1. The second kappa shape index (κ2) is 4.35. The molecule has 1 unspecified atom stereocenters. The summed E-state index contributed by atoms with van der Waals surface area (Å²) in [6.07, 6.45) is -2.44. The molecule has 6 N–H and O–H groups in total. The first-order valence-corrected chi connectivity index (χ1v) is 4.32. The van der Waals surface area contributed by atoms with Crippen LogP contribution in [0.5, 0.6) is 5.75 Å². The number of benzene rings is 1. The van der Waals surface area contributed by atoms with Crippen LogP contribution >= 0.6 is 11.6 Å². The fourth-order valence-electron chi connectivity index (χ4n) is 1.02. The molecule has 0 fully saturated rings. The van der Waals surface area contributed by atoms with E-state index in [1.54, 1.807) is 0 Å². The third-order valence-electron chi connectivity index (χ3n) is 1.82. The lowest BCUT2D eigenvalue weighted by Gasteiger charge is -2.21. The molecule has 0 saturated heterocycles. The standard InChI is InChI=1S/C8H10ClN3O3/c9-6-3-4(13)1-2-5(6)7(10)12(11)8(14)15/h1-3,7,13H,10-11H2,(H,14,15). The zero-order chi connectivity index (χ0) is 11.6. The summed E-state index contributed by atoms with van der Waals surface area (Å²) in [4.78, 5) is 10.5. The number of hydrazine groups is 1. The van der Waals surface area contributed by atoms with E-state index in [2.05, 4.69) is 0 Å². The van der Waals surface area contributed by atoms with E-state index in [0.29, 0.717) is 10.6 Å². The zero-order valence-electron chi connectivity index (χ0n) is 7.59. The average molecular weight is 232 g/mol. The van der Waals surface area contributed by atoms with Crippen LogP contribution in [0.2, 0.25) is 5.02 Å². The van der Waals surface area contributed by atoms with Crippen LogP contribution in [-0.2, 0) is 0 Å². The van der Waals surface area contributed by atoms with Gasteiger partial charge in [0.15, 0.2) is 0 Å². The van der Waals surface area contributed by atoms with Gasteiger partial charge in [0.05, 0.1) is 5.02 Å². The van der Waals surface area contributed by atoms with Crippen molar-refractivity contribution in [2.45, 2.75) is 6.17 Å². The predicted octanol–water partition coefficient (Wildman–Crippen LogP) is 0.857. The number of phenols is 1. The zero-order valence-corrected chi connectivity index (χ0v) is 8.35. The molecule has 1 atom stereocenters. The summed E-state index contributed by atoms with van der Waals surface area (Å²) in [7, 11) is 0. The SMILES string of the molecule is NC(c1ccc(O)cc1Cl)N(N)C(=O)O. The van der Waals surface area contributed by atoms with Crippen molar-refractivity contribution in [2.75, 3.05) is 0 Å². The molecule has 0 bridgehead atoms. The van der Waals surface area contributed by atoms with Gasteiger partial charge in [-0.3, -0.25) is 0 Å². The molecule has 7 heteroatoms. The van der Waals surface area contributed by atoms with Crippen LogP contribution in [0.4, 0.5) is 4.79 Å². The van der Waals surface area contributed by atoms with Gasteiger partial charge in [-0.25, -0.2) is 15.6 Å². The Hall–Kier alpha value is -1.50. The Morgan fingerprint density at radius 2 is 2.13 bits per heavy atom. The van der Waals surface area contributed by atoms with Crippen LogP contribution in [0.15, 0.2) is 18.2 Å². The summed E-state index contributed by atoms with van der Waals surface area (Å²) in [5.41, 5.74) is 5.86. The Morgan fingerprint density at radius 3 is 2.60 bits per heavy atom. The van der Waals surface area contributed by atoms with Crippen molar-refractivity contribution < 1.29 is 15.0 Å². The minimum atomic E-state index is -1.37. The molecule has 0 aromatic heterocycles. The second-order valence-electron chi connectivity index (χ2n) is 2.84. The molecule has 1 amide bonds. The van der Waals surface area contributed by atoms with Gasteiger partial charge in [-0.05, 0) is 12.1 Å². The van der Waals surface area contributed by atoms with Crippen molar-refractivity contribution >= 4 is 17.7 Å². The first-order chi connectivity index (χ1) is 6.93. The van der Waals surface area contributed by atoms with E-state index in [-0.39, 0.29) is 10.8 Å². The van der Waals surface area contributed by atoms with Gasteiger partial charge in [0.2, 0.25) is 0 Å². The van der Waals surface area contributed by atoms with E-state index in [0.717, 1.165) is 0 Å². The van der Waals surface area contributed by atoms with Gasteiger partial charge in [0.25, 0.3) is 0 Å². The van der Waals surface area contributed by atoms with Crippen molar-refractivity contribution in [1.82, 2.24) is 5.01 Å². The fourth-order valence-corrected chi connectivity index (χ4v) is 1.31. The van der Waals surface area contributed by atoms with Crippen LogP contribution < -0.4 is 11.6 Å². The highest BCUT2D eigenvalue weighted by atomic mass is 35.5. The fraction of sp³-hybridized carbons (Fsp3) is 0.125. The molecular formula is C8H10ClN3O3. The van der Waals surface area contributed by atoms with Crippen LogP contribution in [0.3, 0.4) is 0 Å². The number of nitrogens with two attached hydrogens (primary N) is 2. The van der Waals surface area contributed by atoms with Crippen molar-refractivity contribution in [1.29, 1.82) is 0 Å². The first kappa shape index (κ1) is 11.6. The molecule has 82 valence electrons. The predicted molar refractivity (Wildman–Crippen MR) is 54.1 cm³/mol. The maximum absolute atomic E-state index is 10.5. The monoisotopic (exact) mass is 231 g/mol. The number of hydrogen-bond donors (Lipinski definition) is 4. The molecular weight excluding hydrogens is 222 g/mol. The molecule has 15 heavy (non-hydrogen) atoms. The quantitative estimate of drug-likeness (QED) is 0.261. The van der Waals surface area contributed by atoms with Gasteiger partial charge >= 0.3 is 6.09 Å². The summed E-state index contributed by atoms with van der Waals surface area (Å²) in [5, 5.41) is 18.2. The Labute approximate surface area is 90.6 Å². The van der Waals surface area contributed by atoms with Crippen LogP contribution in [0, 0.1) is 0 Å². The number of halogens is 1.